The molecule has 0 bridgehead atoms. The summed E-state index contributed by atoms with van der Waals surface area (Å²) >= 11 is 1.67. The Kier molecular flexibility index (Phi) is 11.5. The smallest absolute Gasteiger partial charge is 0.243 e. The minimum Gasteiger partial charge on any atom is -0.489 e. The monoisotopic (exact) mass is 538 g/mol. The molecule has 0 spiro atoms. The summed E-state index contributed by atoms with van der Waals surface area (Å²) in [6, 6.07) is 7.20. The Bertz CT molecular complexity index is 789. The zero-order valence-electron chi connectivity index (χ0n) is 16.3. The SMILES string of the molecule is CN(C)C(=O)CN=C(NCCOc1ccc(F)cc1F)NCCc1cccs1.I. The van der Waals surface area contributed by atoms with Gasteiger partial charge in [0.05, 0.1) is 6.54 Å². The van der Waals surface area contributed by atoms with Crippen LogP contribution in [0.15, 0.2) is 40.7 Å². The molecule has 0 radical (unpaired) electrons. The maximum Gasteiger partial charge on any atom is 0.243 e. The molecular formula is C19H25F2IN4O2S. The van der Waals surface area contributed by atoms with Crippen molar-refractivity contribution in [3.05, 3.63) is 52.2 Å². The molecule has 0 aliphatic carbocycles. The molecule has 2 rings (SSSR count). The van der Waals surface area contributed by atoms with E-state index in [2.05, 4.69) is 21.7 Å². The van der Waals surface area contributed by atoms with Crippen molar-refractivity contribution in [3.8, 4) is 5.75 Å². The van der Waals surface area contributed by atoms with Gasteiger partial charge in [-0.3, -0.25) is 4.79 Å². The van der Waals surface area contributed by atoms with Gasteiger partial charge in [-0.1, -0.05) is 6.07 Å². The summed E-state index contributed by atoms with van der Waals surface area (Å²) < 4.78 is 31.8. The fourth-order valence-electron chi connectivity index (χ4n) is 2.14. The van der Waals surface area contributed by atoms with E-state index in [0.29, 0.717) is 19.0 Å². The van der Waals surface area contributed by atoms with Crippen LogP contribution in [0.4, 0.5) is 8.78 Å². The highest BCUT2D eigenvalue weighted by Crippen LogP contribution is 2.17. The quantitative estimate of drug-likeness (QED) is 0.223. The van der Waals surface area contributed by atoms with Crippen molar-refractivity contribution in [2.75, 3.05) is 40.3 Å². The lowest BCUT2D eigenvalue weighted by molar-refractivity contribution is -0.127. The first-order valence-electron chi connectivity index (χ1n) is 8.78. The minimum absolute atomic E-state index is 0. The van der Waals surface area contributed by atoms with Crippen molar-refractivity contribution in [2.24, 2.45) is 4.99 Å². The van der Waals surface area contributed by atoms with Crippen molar-refractivity contribution >= 4 is 47.2 Å². The van der Waals surface area contributed by atoms with Gasteiger partial charge in [0.25, 0.3) is 0 Å². The number of carbonyl (C=O) groups is 1. The number of guanidine groups is 1. The van der Waals surface area contributed by atoms with Gasteiger partial charge in [-0.15, -0.1) is 35.3 Å². The normalized spacial score (nSPS) is 10.8. The van der Waals surface area contributed by atoms with Gasteiger partial charge in [0.1, 0.15) is 19.0 Å². The van der Waals surface area contributed by atoms with E-state index in [1.807, 2.05) is 11.4 Å². The van der Waals surface area contributed by atoms with Crippen LogP contribution in [0, 0.1) is 11.6 Å². The molecule has 6 nitrogen and oxygen atoms in total. The maximum absolute atomic E-state index is 13.6. The molecule has 0 saturated carbocycles. The molecule has 1 amide bonds. The van der Waals surface area contributed by atoms with E-state index in [1.165, 1.54) is 15.8 Å². The summed E-state index contributed by atoms with van der Waals surface area (Å²) in [6.07, 6.45) is 0.831. The molecule has 2 N–H and O–H groups in total. The number of likely N-dealkylation sites (N-methyl/N-ethyl adjacent to an activating group) is 1. The van der Waals surface area contributed by atoms with Crippen LogP contribution in [0.1, 0.15) is 4.88 Å². The molecule has 10 heteroatoms. The van der Waals surface area contributed by atoms with Gasteiger partial charge in [-0.2, -0.15) is 0 Å². The predicted octanol–water partition coefficient (Wildman–Crippen LogP) is 2.89. The third-order valence-corrected chi connectivity index (χ3v) is 4.60. The van der Waals surface area contributed by atoms with Crippen LogP contribution in [0.5, 0.6) is 5.75 Å². The zero-order valence-corrected chi connectivity index (χ0v) is 19.4. The standard InChI is InChI=1S/C19H24F2N4O2S.HI/c1-25(2)18(26)13-24-19(22-8-7-15-4-3-11-28-15)23-9-10-27-17-6-5-14(20)12-16(17)21;/h3-6,11-12H,7-10,13H2,1-2H3,(H2,22,23,24);1H. The van der Waals surface area contributed by atoms with Gasteiger partial charge in [-0.05, 0) is 30.0 Å². The number of benzene rings is 1. The van der Waals surface area contributed by atoms with E-state index < -0.39 is 11.6 Å². The second-order valence-corrected chi connectivity index (χ2v) is 7.09. The molecule has 0 fully saturated rings. The predicted molar refractivity (Wildman–Crippen MR) is 122 cm³/mol. The fraction of sp³-hybridized carbons (Fsp3) is 0.368. The van der Waals surface area contributed by atoms with Gasteiger partial charge in [0, 0.05) is 31.6 Å². The summed E-state index contributed by atoms with van der Waals surface area (Å²) in [5, 5.41) is 8.23. The largest absolute Gasteiger partial charge is 0.489 e. The number of hydrogen-bond donors (Lipinski definition) is 2. The Morgan fingerprint density at radius 3 is 2.62 bits per heavy atom. The second-order valence-electron chi connectivity index (χ2n) is 6.06. The summed E-state index contributed by atoms with van der Waals surface area (Å²) in [6.45, 7) is 1.14. The molecule has 0 saturated heterocycles. The molecule has 1 aromatic carbocycles. The Morgan fingerprint density at radius 1 is 1.21 bits per heavy atom. The molecule has 2 aromatic rings. The van der Waals surface area contributed by atoms with Crippen molar-refractivity contribution in [1.29, 1.82) is 0 Å². The van der Waals surface area contributed by atoms with Crippen LogP contribution in [-0.4, -0.2) is 57.1 Å². The summed E-state index contributed by atoms with van der Waals surface area (Å²) in [5.41, 5.74) is 0. The first-order chi connectivity index (χ1) is 13.5. The first kappa shape index (κ1) is 25.1. The molecule has 0 atom stereocenters. The van der Waals surface area contributed by atoms with Gasteiger partial charge < -0.3 is 20.3 Å². The minimum atomic E-state index is -0.750. The van der Waals surface area contributed by atoms with E-state index in [4.69, 9.17) is 4.74 Å². The third kappa shape index (κ3) is 9.39. The van der Waals surface area contributed by atoms with E-state index >= 15 is 0 Å². The Labute approximate surface area is 190 Å². The number of amides is 1. The highest BCUT2D eigenvalue weighted by molar-refractivity contribution is 14.0. The number of ether oxygens (including phenoxy) is 1. The van der Waals surface area contributed by atoms with E-state index in [9.17, 15) is 13.6 Å². The average Bonchev–Trinajstić information content (AvgIpc) is 3.17. The van der Waals surface area contributed by atoms with Crippen molar-refractivity contribution in [1.82, 2.24) is 15.5 Å². The van der Waals surface area contributed by atoms with Gasteiger partial charge in [-0.25, -0.2) is 13.8 Å². The van der Waals surface area contributed by atoms with Crippen LogP contribution in [0.2, 0.25) is 0 Å². The van der Waals surface area contributed by atoms with Crippen LogP contribution in [0.25, 0.3) is 0 Å². The number of halogens is 3. The number of thiophene rings is 1. The lowest BCUT2D eigenvalue weighted by atomic mass is 10.3. The Balaban J connectivity index is 0.00000420. The summed E-state index contributed by atoms with van der Waals surface area (Å²) in [5.74, 6) is -1.08. The highest BCUT2D eigenvalue weighted by atomic mass is 127. The number of hydrogen-bond acceptors (Lipinski definition) is 4. The third-order valence-electron chi connectivity index (χ3n) is 3.66. The average molecular weight is 538 g/mol. The highest BCUT2D eigenvalue weighted by Gasteiger charge is 2.07. The summed E-state index contributed by atoms with van der Waals surface area (Å²) in [4.78, 5) is 18.7. The molecule has 160 valence electrons. The van der Waals surface area contributed by atoms with E-state index in [-0.39, 0.29) is 48.8 Å². The molecule has 29 heavy (non-hydrogen) atoms. The van der Waals surface area contributed by atoms with Crippen LogP contribution < -0.4 is 15.4 Å². The fourth-order valence-corrected chi connectivity index (χ4v) is 2.85. The summed E-state index contributed by atoms with van der Waals surface area (Å²) in [7, 11) is 3.33. The van der Waals surface area contributed by atoms with Gasteiger partial charge in [0.2, 0.25) is 5.91 Å². The molecule has 0 aliphatic rings. The van der Waals surface area contributed by atoms with E-state index in [0.717, 1.165) is 18.6 Å². The molecule has 1 heterocycles. The number of rotatable bonds is 9. The van der Waals surface area contributed by atoms with Crippen LogP contribution in [-0.2, 0) is 11.2 Å². The van der Waals surface area contributed by atoms with Crippen LogP contribution in [0.3, 0.4) is 0 Å². The number of carbonyl (C=O) groups excluding carboxylic acids is 1. The number of aliphatic imine (C=N–C) groups is 1. The topological polar surface area (TPSA) is 66.0 Å². The molecule has 1 aromatic heterocycles. The molecular weight excluding hydrogens is 513 g/mol. The van der Waals surface area contributed by atoms with Crippen LogP contribution >= 0.6 is 35.3 Å². The number of nitrogens with zero attached hydrogens (tertiary/aromatic N) is 2. The number of nitrogens with one attached hydrogen (secondary N) is 2. The van der Waals surface area contributed by atoms with Gasteiger partial charge in [0.15, 0.2) is 17.5 Å². The zero-order chi connectivity index (χ0) is 20.4. The molecule has 0 unspecified atom stereocenters. The van der Waals surface area contributed by atoms with Crippen molar-refractivity contribution in [2.45, 2.75) is 6.42 Å². The Morgan fingerprint density at radius 2 is 1.97 bits per heavy atom. The Hall–Kier alpha value is -1.95. The van der Waals surface area contributed by atoms with Crippen molar-refractivity contribution < 1.29 is 18.3 Å². The van der Waals surface area contributed by atoms with Crippen molar-refractivity contribution in [3.63, 3.8) is 0 Å². The lowest BCUT2D eigenvalue weighted by Crippen LogP contribution is -2.41. The second kappa shape index (κ2) is 13.3. The van der Waals surface area contributed by atoms with Gasteiger partial charge >= 0.3 is 0 Å². The van der Waals surface area contributed by atoms with E-state index in [1.54, 1.807) is 25.4 Å². The first-order valence-corrected chi connectivity index (χ1v) is 9.66. The molecule has 0 aliphatic heterocycles. The lowest BCUT2D eigenvalue weighted by Gasteiger charge is -2.14. The maximum atomic E-state index is 13.6.